The minimum atomic E-state index is 0.455. The number of nitrogens with one attached hydrogen (secondary N) is 1. The molecule has 1 N–H and O–H groups in total. The third-order valence-electron chi connectivity index (χ3n) is 7.80. The molecule has 7 rings (SSSR count). The number of benzene rings is 2. The first-order valence-electron chi connectivity index (χ1n) is 13.7. The Labute approximate surface area is 242 Å². The van der Waals surface area contributed by atoms with Gasteiger partial charge in [0, 0.05) is 40.9 Å². The van der Waals surface area contributed by atoms with Crippen LogP contribution in [0.25, 0.3) is 38.9 Å². The van der Waals surface area contributed by atoms with Crippen molar-refractivity contribution in [2.24, 2.45) is 0 Å². The van der Waals surface area contributed by atoms with Gasteiger partial charge in [0.2, 0.25) is 0 Å². The number of halogens is 1. The van der Waals surface area contributed by atoms with Gasteiger partial charge in [0.05, 0.1) is 16.3 Å². The molecule has 0 saturated carbocycles. The minimum absolute atomic E-state index is 0.455. The molecule has 1 saturated heterocycles. The second-order valence-corrected chi connectivity index (χ2v) is 11.7. The van der Waals surface area contributed by atoms with Gasteiger partial charge < -0.3 is 4.90 Å². The van der Waals surface area contributed by atoms with Crippen LogP contribution in [0.5, 0.6) is 0 Å². The van der Waals surface area contributed by atoms with Crippen LogP contribution < -0.4 is 0 Å². The highest BCUT2D eigenvalue weighted by atomic mass is 35.5. The molecule has 200 valence electrons. The number of piperidine rings is 1. The van der Waals surface area contributed by atoms with Gasteiger partial charge in [-0.15, -0.1) is 11.3 Å². The largest absolute Gasteiger partial charge is 0.303 e. The summed E-state index contributed by atoms with van der Waals surface area (Å²) in [6.45, 7) is 3.23. The van der Waals surface area contributed by atoms with Crippen LogP contribution in [0.4, 0.5) is 0 Å². The van der Waals surface area contributed by atoms with E-state index in [4.69, 9.17) is 21.6 Å². The minimum Gasteiger partial charge on any atom is -0.303 e. The summed E-state index contributed by atoms with van der Waals surface area (Å²) >= 11 is 7.97. The number of hydrogen-bond acceptors (Lipinski definition) is 5. The molecule has 1 aliphatic rings. The van der Waals surface area contributed by atoms with Crippen molar-refractivity contribution in [1.29, 1.82) is 0 Å². The van der Waals surface area contributed by atoms with E-state index >= 15 is 0 Å². The third-order valence-corrected chi connectivity index (χ3v) is 8.90. The van der Waals surface area contributed by atoms with E-state index in [2.05, 4.69) is 79.5 Å². The summed E-state index contributed by atoms with van der Waals surface area (Å²) in [6, 6.07) is 27.3. The first-order chi connectivity index (χ1) is 19.7. The van der Waals surface area contributed by atoms with Crippen molar-refractivity contribution in [1.82, 2.24) is 29.5 Å². The highest BCUT2D eigenvalue weighted by Gasteiger charge is 2.24. The zero-order chi connectivity index (χ0) is 26.9. The average Bonchev–Trinajstić information content (AvgIpc) is 3.77. The molecule has 8 heteroatoms. The summed E-state index contributed by atoms with van der Waals surface area (Å²) in [5, 5.41) is 10.4. The Morgan fingerprint density at radius 1 is 0.900 bits per heavy atom. The number of fused-ring (bicyclic) bond motifs is 1. The lowest BCUT2D eigenvalue weighted by Gasteiger charge is -2.30. The standard InChI is InChI=1S/C32H29ClN6S/c33-26-15-19-39-28(21-26)34-29(30(39)24-5-2-1-3-6-24)23-10-8-22(9-11-23)12-16-38-17-13-25(14-18-38)31-35-32(37-36-31)27-7-4-20-40-27/h1-11,15,19-21,25H,12-14,16-18H2,(H,35,36,37). The molecule has 0 radical (unpaired) electrons. The Kier molecular flexibility index (Phi) is 6.93. The van der Waals surface area contributed by atoms with Gasteiger partial charge in [0.1, 0.15) is 11.5 Å². The topological polar surface area (TPSA) is 62.1 Å². The SMILES string of the molecule is Clc1ccn2c(-c3ccccc3)c(-c3ccc(CCN4CCC(c5nc(-c6cccs6)n[nH]5)CC4)cc3)nc2c1. The highest BCUT2D eigenvalue weighted by molar-refractivity contribution is 7.13. The van der Waals surface area contributed by atoms with Crippen LogP contribution in [0, 0.1) is 0 Å². The van der Waals surface area contributed by atoms with Crippen LogP contribution in [-0.2, 0) is 6.42 Å². The van der Waals surface area contributed by atoms with Gasteiger partial charge in [0.15, 0.2) is 5.82 Å². The number of rotatable bonds is 7. The van der Waals surface area contributed by atoms with Crippen molar-refractivity contribution >= 4 is 28.6 Å². The van der Waals surface area contributed by atoms with Gasteiger partial charge in [0.25, 0.3) is 0 Å². The Morgan fingerprint density at radius 3 is 2.50 bits per heavy atom. The molecular weight excluding hydrogens is 536 g/mol. The Hall–Kier alpha value is -3.78. The monoisotopic (exact) mass is 564 g/mol. The van der Waals surface area contributed by atoms with Crippen molar-refractivity contribution in [2.45, 2.75) is 25.2 Å². The van der Waals surface area contributed by atoms with E-state index < -0.39 is 0 Å². The van der Waals surface area contributed by atoms with E-state index in [0.717, 1.165) is 83.6 Å². The number of hydrogen-bond donors (Lipinski definition) is 1. The van der Waals surface area contributed by atoms with Gasteiger partial charge in [-0.05, 0) is 55.4 Å². The van der Waals surface area contributed by atoms with E-state index in [1.165, 1.54) is 5.56 Å². The summed E-state index contributed by atoms with van der Waals surface area (Å²) in [7, 11) is 0. The number of nitrogens with zero attached hydrogens (tertiary/aromatic N) is 5. The quantitative estimate of drug-likeness (QED) is 0.217. The predicted octanol–water partition coefficient (Wildman–Crippen LogP) is 7.59. The predicted molar refractivity (Wildman–Crippen MR) is 163 cm³/mol. The van der Waals surface area contributed by atoms with Crippen LogP contribution >= 0.6 is 22.9 Å². The summed E-state index contributed by atoms with van der Waals surface area (Å²) in [5.41, 5.74) is 6.48. The number of likely N-dealkylation sites (tertiary alicyclic amines) is 1. The van der Waals surface area contributed by atoms with Gasteiger partial charge in [-0.1, -0.05) is 72.3 Å². The van der Waals surface area contributed by atoms with Gasteiger partial charge >= 0.3 is 0 Å². The second kappa shape index (κ2) is 11.0. The third kappa shape index (κ3) is 5.08. The number of aromatic nitrogens is 5. The molecule has 0 amide bonds. The molecule has 0 aliphatic carbocycles. The van der Waals surface area contributed by atoms with Crippen LogP contribution in [-0.4, -0.2) is 49.1 Å². The van der Waals surface area contributed by atoms with E-state index in [1.807, 2.05) is 30.5 Å². The maximum absolute atomic E-state index is 6.29. The molecule has 0 bridgehead atoms. The normalized spacial score (nSPS) is 14.7. The Balaban J connectivity index is 1.01. The smallest absolute Gasteiger partial charge is 0.191 e. The molecule has 4 aromatic heterocycles. The fourth-order valence-electron chi connectivity index (χ4n) is 5.61. The number of imidazole rings is 1. The lowest BCUT2D eigenvalue weighted by molar-refractivity contribution is 0.211. The maximum atomic E-state index is 6.29. The molecule has 2 aromatic carbocycles. The Morgan fingerprint density at radius 2 is 1.73 bits per heavy atom. The van der Waals surface area contributed by atoms with Gasteiger partial charge in [-0.3, -0.25) is 9.50 Å². The molecule has 1 aliphatic heterocycles. The van der Waals surface area contributed by atoms with Crippen molar-refractivity contribution in [2.75, 3.05) is 19.6 Å². The fraction of sp³-hybridized carbons (Fsp3) is 0.219. The highest BCUT2D eigenvalue weighted by Crippen LogP contribution is 2.34. The van der Waals surface area contributed by atoms with Crippen LogP contribution in [0.3, 0.4) is 0 Å². The molecule has 0 atom stereocenters. The van der Waals surface area contributed by atoms with E-state index in [0.29, 0.717) is 10.9 Å². The second-order valence-electron chi connectivity index (χ2n) is 10.3. The number of aromatic amines is 1. The molecule has 5 heterocycles. The van der Waals surface area contributed by atoms with Gasteiger partial charge in [-0.25, -0.2) is 9.97 Å². The molecule has 1 fully saturated rings. The average molecular weight is 565 g/mol. The van der Waals surface area contributed by atoms with Crippen LogP contribution in [0.2, 0.25) is 5.02 Å². The lowest BCUT2D eigenvalue weighted by atomic mass is 9.96. The fourth-order valence-corrected chi connectivity index (χ4v) is 6.42. The zero-order valence-electron chi connectivity index (χ0n) is 22.0. The van der Waals surface area contributed by atoms with Gasteiger partial charge in [-0.2, -0.15) is 5.10 Å². The summed E-state index contributed by atoms with van der Waals surface area (Å²) < 4.78 is 2.12. The maximum Gasteiger partial charge on any atom is 0.191 e. The van der Waals surface area contributed by atoms with Crippen molar-refractivity contribution in [3.8, 4) is 33.2 Å². The van der Waals surface area contributed by atoms with Crippen molar-refractivity contribution in [3.05, 3.63) is 107 Å². The van der Waals surface area contributed by atoms with E-state index in [1.54, 1.807) is 11.3 Å². The molecule has 40 heavy (non-hydrogen) atoms. The summed E-state index contributed by atoms with van der Waals surface area (Å²) in [4.78, 5) is 13.4. The number of H-pyrrole nitrogens is 1. The molecular formula is C32H29ClN6S. The first-order valence-corrected chi connectivity index (χ1v) is 15.0. The summed E-state index contributed by atoms with van der Waals surface area (Å²) in [5.74, 6) is 2.30. The first kappa shape index (κ1) is 25.2. The van der Waals surface area contributed by atoms with Crippen LogP contribution in [0.1, 0.15) is 30.1 Å². The molecule has 0 unspecified atom stereocenters. The van der Waals surface area contributed by atoms with Crippen molar-refractivity contribution in [3.63, 3.8) is 0 Å². The summed E-state index contributed by atoms with van der Waals surface area (Å²) in [6.07, 6.45) is 5.25. The number of thiophene rings is 1. The zero-order valence-corrected chi connectivity index (χ0v) is 23.6. The molecule has 6 nitrogen and oxygen atoms in total. The number of pyridine rings is 1. The van der Waals surface area contributed by atoms with E-state index in [9.17, 15) is 0 Å². The Bertz CT molecular complexity index is 1720. The molecule has 6 aromatic rings. The van der Waals surface area contributed by atoms with E-state index in [-0.39, 0.29) is 0 Å². The molecule has 0 spiro atoms. The lowest BCUT2D eigenvalue weighted by Crippen LogP contribution is -2.34. The van der Waals surface area contributed by atoms with Crippen LogP contribution in [0.15, 0.2) is 90.4 Å². The van der Waals surface area contributed by atoms with Crippen molar-refractivity contribution < 1.29 is 0 Å².